The van der Waals surface area contributed by atoms with Gasteiger partial charge >= 0.3 is 5.97 Å². The van der Waals surface area contributed by atoms with Gasteiger partial charge in [0.05, 0.1) is 34.3 Å². The van der Waals surface area contributed by atoms with E-state index in [1.807, 2.05) is 41.8 Å². The van der Waals surface area contributed by atoms with Gasteiger partial charge in [0, 0.05) is 5.39 Å². The molecule has 30 heavy (non-hydrogen) atoms. The van der Waals surface area contributed by atoms with Crippen molar-refractivity contribution < 1.29 is 14.3 Å². The minimum Gasteiger partial charge on any atom is -0.465 e. The van der Waals surface area contributed by atoms with Crippen LogP contribution in [0.5, 0.6) is 0 Å². The number of amides is 1. The van der Waals surface area contributed by atoms with E-state index in [1.54, 1.807) is 13.0 Å². The number of nitrogens with zero attached hydrogens (tertiary/aromatic N) is 2. The Balaban J connectivity index is 1.80. The lowest BCUT2D eigenvalue weighted by Gasteiger charge is -2.09. The molecule has 3 aromatic heterocycles. The van der Waals surface area contributed by atoms with Crippen LogP contribution in [0.4, 0.5) is 5.00 Å². The fourth-order valence-corrected chi connectivity index (χ4v) is 4.86. The normalized spacial score (nSPS) is 10.6. The molecule has 0 fully saturated rings. The number of ether oxygens (including phenoxy) is 1. The minimum absolute atomic E-state index is 0.255. The van der Waals surface area contributed by atoms with Crippen LogP contribution in [0.1, 0.15) is 31.2 Å². The summed E-state index contributed by atoms with van der Waals surface area (Å²) in [4.78, 5) is 31.1. The standard InChI is InChI=1S/C22H15N3O3S2/c1-12-15(11-23)21(30-19(12)22(27)28-2)25-20(26)14-10-17(18-8-5-9-29-18)24-16-7-4-3-6-13(14)16/h3-10H,1-2H3,(H,25,26). The van der Waals surface area contributed by atoms with E-state index in [2.05, 4.69) is 16.4 Å². The first-order valence-corrected chi connectivity index (χ1v) is 10.6. The predicted octanol–water partition coefficient (Wildman–Crippen LogP) is 5.24. The molecule has 4 rings (SSSR count). The van der Waals surface area contributed by atoms with Crippen LogP contribution in [-0.4, -0.2) is 24.0 Å². The van der Waals surface area contributed by atoms with E-state index < -0.39 is 5.97 Å². The van der Waals surface area contributed by atoms with Gasteiger partial charge in [-0.05, 0) is 36.1 Å². The highest BCUT2D eigenvalue weighted by atomic mass is 32.1. The van der Waals surface area contributed by atoms with Crippen LogP contribution in [0.15, 0.2) is 47.8 Å². The Kier molecular flexibility index (Phi) is 5.31. The predicted molar refractivity (Wildman–Crippen MR) is 118 cm³/mol. The van der Waals surface area contributed by atoms with Gasteiger partial charge in [0.15, 0.2) is 0 Å². The Morgan fingerprint density at radius 2 is 2.00 bits per heavy atom. The number of aromatic nitrogens is 1. The molecule has 0 saturated heterocycles. The largest absolute Gasteiger partial charge is 0.465 e. The molecule has 1 aromatic carbocycles. The Labute approximate surface area is 180 Å². The van der Waals surface area contributed by atoms with Crippen molar-refractivity contribution >= 4 is 50.5 Å². The quantitative estimate of drug-likeness (QED) is 0.444. The van der Waals surface area contributed by atoms with Crippen LogP contribution < -0.4 is 5.32 Å². The summed E-state index contributed by atoms with van der Waals surface area (Å²) in [5.74, 6) is -0.913. The molecular formula is C22H15N3O3S2. The number of benzene rings is 1. The van der Waals surface area contributed by atoms with Crippen molar-refractivity contribution in [2.75, 3.05) is 12.4 Å². The maximum atomic E-state index is 13.2. The van der Waals surface area contributed by atoms with Crippen LogP contribution in [0.2, 0.25) is 0 Å². The fraction of sp³-hybridized carbons (Fsp3) is 0.0909. The third-order valence-corrected chi connectivity index (χ3v) is 6.67. The first-order chi connectivity index (χ1) is 14.5. The molecular weight excluding hydrogens is 418 g/mol. The molecule has 4 aromatic rings. The van der Waals surface area contributed by atoms with Gasteiger partial charge < -0.3 is 10.1 Å². The Bertz CT molecular complexity index is 1320. The van der Waals surface area contributed by atoms with Crippen molar-refractivity contribution in [1.82, 2.24) is 4.98 Å². The lowest BCUT2D eigenvalue weighted by molar-refractivity contribution is 0.0605. The summed E-state index contributed by atoms with van der Waals surface area (Å²) in [6.07, 6.45) is 0. The smallest absolute Gasteiger partial charge is 0.348 e. The number of thiophene rings is 2. The second-order valence-corrected chi connectivity index (χ2v) is 8.34. The van der Waals surface area contributed by atoms with E-state index in [0.717, 1.165) is 16.2 Å². The number of methoxy groups -OCH3 is 1. The van der Waals surface area contributed by atoms with Gasteiger partial charge in [-0.3, -0.25) is 4.79 Å². The molecule has 0 saturated carbocycles. The second-order valence-electron chi connectivity index (χ2n) is 6.37. The highest BCUT2D eigenvalue weighted by Crippen LogP contribution is 2.34. The molecule has 3 heterocycles. The van der Waals surface area contributed by atoms with Gasteiger partial charge in [0.2, 0.25) is 0 Å². The third kappa shape index (κ3) is 3.45. The Hall–Kier alpha value is -3.54. The maximum Gasteiger partial charge on any atom is 0.348 e. The van der Waals surface area contributed by atoms with E-state index in [9.17, 15) is 14.9 Å². The topological polar surface area (TPSA) is 92.1 Å². The van der Waals surface area contributed by atoms with Crippen LogP contribution in [-0.2, 0) is 4.74 Å². The van der Waals surface area contributed by atoms with E-state index >= 15 is 0 Å². The highest BCUT2D eigenvalue weighted by molar-refractivity contribution is 7.18. The van der Waals surface area contributed by atoms with Crippen LogP contribution in [0, 0.1) is 18.3 Å². The molecule has 0 aliphatic rings. The van der Waals surface area contributed by atoms with Crippen molar-refractivity contribution in [2.45, 2.75) is 6.92 Å². The number of rotatable bonds is 4. The lowest BCUT2D eigenvalue weighted by Crippen LogP contribution is -2.13. The van der Waals surface area contributed by atoms with Crippen molar-refractivity contribution in [2.24, 2.45) is 0 Å². The zero-order valence-electron chi connectivity index (χ0n) is 16.1. The van der Waals surface area contributed by atoms with Crippen molar-refractivity contribution in [3.8, 4) is 16.6 Å². The van der Waals surface area contributed by atoms with Gasteiger partial charge in [-0.1, -0.05) is 24.3 Å². The molecule has 148 valence electrons. The number of nitriles is 1. The molecule has 0 aliphatic heterocycles. The maximum absolute atomic E-state index is 13.2. The van der Waals surface area contributed by atoms with Gasteiger partial charge in [0.1, 0.15) is 15.9 Å². The van der Waals surface area contributed by atoms with Gasteiger partial charge in [0.25, 0.3) is 5.91 Å². The molecule has 6 nitrogen and oxygen atoms in total. The zero-order chi connectivity index (χ0) is 21.3. The number of carbonyl (C=O) groups excluding carboxylic acids is 2. The average Bonchev–Trinajstić information content (AvgIpc) is 3.40. The van der Waals surface area contributed by atoms with Gasteiger partial charge in [-0.25, -0.2) is 9.78 Å². The highest BCUT2D eigenvalue weighted by Gasteiger charge is 2.23. The molecule has 0 spiro atoms. The number of fused-ring (bicyclic) bond motifs is 1. The second kappa shape index (κ2) is 8.06. The van der Waals surface area contributed by atoms with Gasteiger partial charge in [-0.15, -0.1) is 22.7 Å². The Morgan fingerprint density at radius 3 is 2.70 bits per heavy atom. The number of hydrogen-bond acceptors (Lipinski definition) is 7. The summed E-state index contributed by atoms with van der Waals surface area (Å²) in [5.41, 5.74) is 2.59. The summed E-state index contributed by atoms with van der Waals surface area (Å²) in [6.45, 7) is 1.66. The number of hydrogen-bond donors (Lipinski definition) is 1. The third-order valence-electron chi connectivity index (χ3n) is 4.59. The number of anilines is 1. The molecule has 0 unspecified atom stereocenters. The minimum atomic E-state index is -0.538. The molecule has 0 bridgehead atoms. The van der Waals surface area contributed by atoms with Crippen molar-refractivity contribution in [3.63, 3.8) is 0 Å². The summed E-state index contributed by atoms with van der Waals surface area (Å²) in [6, 6.07) is 15.1. The molecule has 8 heteroatoms. The van der Waals surface area contributed by atoms with E-state index in [0.29, 0.717) is 37.6 Å². The van der Waals surface area contributed by atoms with Gasteiger partial charge in [-0.2, -0.15) is 5.26 Å². The SMILES string of the molecule is COC(=O)c1sc(NC(=O)c2cc(-c3cccs3)nc3ccccc23)c(C#N)c1C. The van der Waals surface area contributed by atoms with E-state index in [4.69, 9.17) is 4.74 Å². The van der Waals surface area contributed by atoms with Crippen LogP contribution >= 0.6 is 22.7 Å². The monoisotopic (exact) mass is 433 g/mol. The molecule has 0 atom stereocenters. The molecule has 1 amide bonds. The van der Waals surface area contributed by atoms with Crippen molar-refractivity contribution in [1.29, 1.82) is 5.26 Å². The average molecular weight is 434 g/mol. The summed E-state index contributed by atoms with van der Waals surface area (Å²) >= 11 is 2.57. The van der Waals surface area contributed by atoms with E-state index in [1.165, 1.54) is 18.4 Å². The fourth-order valence-electron chi connectivity index (χ4n) is 3.11. The summed E-state index contributed by atoms with van der Waals surface area (Å²) in [5, 5.41) is 15.3. The first-order valence-electron chi connectivity index (χ1n) is 8.90. The number of pyridine rings is 1. The van der Waals surface area contributed by atoms with Crippen LogP contribution in [0.3, 0.4) is 0 Å². The number of para-hydroxylation sites is 1. The lowest BCUT2D eigenvalue weighted by atomic mass is 10.1. The Morgan fingerprint density at radius 1 is 1.20 bits per heavy atom. The zero-order valence-corrected chi connectivity index (χ0v) is 17.7. The van der Waals surface area contributed by atoms with Crippen molar-refractivity contribution in [3.05, 3.63) is 69.4 Å². The molecule has 1 N–H and O–H groups in total. The molecule has 0 radical (unpaired) electrons. The molecule has 0 aliphatic carbocycles. The number of esters is 1. The first kappa shape index (κ1) is 19.8. The summed E-state index contributed by atoms with van der Waals surface area (Å²) < 4.78 is 4.78. The number of carbonyl (C=O) groups is 2. The van der Waals surface area contributed by atoms with Crippen LogP contribution in [0.25, 0.3) is 21.5 Å². The number of nitrogens with one attached hydrogen (secondary N) is 1. The van der Waals surface area contributed by atoms with E-state index in [-0.39, 0.29) is 11.5 Å². The summed E-state index contributed by atoms with van der Waals surface area (Å²) in [7, 11) is 1.28.